The smallest absolute Gasteiger partial charge is 0.338 e. The molecular weight excluding hydrogens is 324 g/mol. The number of rotatable bonds is 4. The molecule has 0 aliphatic carbocycles. The number of carbonyl (C=O) groups excluding carboxylic acids is 2. The van der Waals surface area contributed by atoms with Crippen LogP contribution in [0.3, 0.4) is 0 Å². The number of ether oxygens (including phenoxy) is 3. The van der Waals surface area contributed by atoms with Gasteiger partial charge in [0, 0.05) is 24.7 Å². The van der Waals surface area contributed by atoms with Gasteiger partial charge in [-0.3, -0.25) is 0 Å². The summed E-state index contributed by atoms with van der Waals surface area (Å²) >= 11 is 0. The number of piperidine rings is 1. The van der Waals surface area contributed by atoms with Crippen molar-refractivity contribution in [1.29, 1.82) is 0 Å². The van der Waals surface area contributed by atoms with E-state index in [-0.39, 0.29) is 12.3 Å². The topological polar surface area (TPSA) is 77.1 Å². The number of hydrogen-bond acceptors (Lipinski definition) is 5. The fourth-order valence-corrected chi connectivity index (χ4v) is 3.16. The van der Waals surface area contributed by atoms with Crippen molar-refractivity contribution in [2.45, 2.75) is 26.1 Å². The number of benzene rings is 1. The fourth-order valence-electron chi connectivity index (χ4n) is 3.16. The van der Waals surface area contributed by atoms with Crippen LogP contribution in [0, 0.1) is 5.92 Å². The van der Waals surface area contributed by atoms with Crippen molar-refractivity contribution in [2.24, 2.45) is 5.92 Å². The summed E-state index contributed by atoms with van der Waals surface area (Å²) in [6.07, 6.45) is 1.61. The van der Waals surface area contributed by atoms with Crippen LogP contribution in [0.4, 0.5) is 10.5 Å². The highest BCUT2D eigenvalue weighted by Gasteiger charge is 2.31. The number of nitrogens with one attached hydrogen (secondary N) is 1. The third kappa shape index (κ3) is 4.49. The molecule has 0 saturated carbocycles. The van der Waals surface area contributed by atoms with E-state index < -0.39 is 5.97 Å². The van der Waals surface area contributed by atoms with Crippen LogP contribution in [0.2, 0.25) is 0 Å². The number of hydrogen-bond donors (Lipinski definition) is 1. The molecule has 0 spiro atoms. The van der Waals surface area contributed by atoms with Gasteiger partial charge >= 0.3 is 12.0 Å². The van der Waals surface area contributed by atoms with Crippen LogP contribution < -0.4 is 5.32 Å². The minimum absolute atomic E-state index is 0.119. The summed E-state index contributed by atoms with van der Waals surface area (Å²) in [5.41, 5.74) is 1.01. The van der Waals surface area contributed by atoms with E-state index in [1.807, 2.05) is 0 Å². The van der Waals surface area contributed by atoms with Crippen molar-refractivity contribution in [2.75, 3.05) is 38.2 Å². The average molecular weight is 348 g/mol. The van der Waals surface area contributed by atoms with Crippen molar-refractivity contribution < 1.29 is 23.8 Å². The monoisotopic (exact) mass is 348 g/mol. The Morgan fingerprint density at radius 3 is 2.64 bits per heavy atom. The first-order valence-electron chi connectivity index (χ1n) is 8.73. The Hall–Kier alpha value is -2.12. The van der Waals surface area contributed by atoms with E-state index in [1.165, 1.54) is 0 Å². The molecule has 2 aliphatic heterocycles. The Morgan fingerprint density at radius 2 is 1.96 bits per heavy atom. The molecule has 1 aromatic carbocycles. The van der Waals surface area contributed by atoms with Gasteiger partial charge in [0.2, 0.25) is 0 Å². The molecule has 1 aromatic rings. The van der Waals surface area contributed by atoms with Gasteiger partial charge in [0.05, 0.1) is 25.4 Å². The molecule has 7 heteroatoms. The van der Waals surface area contributed by atoms with E-state index in [0.29, 0.717) is 50.1 Å². The van der Waals surface area contributed by atoms with Gasteiger partial charge in [-0.1, -0.05) is 6.07 Å². The molecule has 2 aliphatic rings. The number of esters is 1. The number of likely N-dealkylation sites (tertiary alicyclic amines) is 1. The lowest BCUT2D eigenvalue weighted by atomic mass is 9.96. The molecule has 0 aromatic heterocycles. The van der Waals surface area contributed by atoms with Gasteiger partial charge in [0.25, 0.3) is 0 Å². The van der Waals surface area contributed by atoms with Crippen LogP contribution in [0.5, 0.6) is 0 Å². The summed E-state index contributed by atoms with van der Waals surface area (Å²) in [5.74, 6) is -0.0466. The zero-order chi connectivity index (χ0) is 17.6. The molecule has 136 valence electrons. The van der Waals surface area contributed by atoms with Crippen molar-refractivity contribution in [1.82, 2.24) is 4.90 Å². The van der Waals surface area contributed by atoms with E-state index in [2.05, 4.69) is 5.32 Å². The third-order valence-electron chi connectivity index (χ3n) is 4.48. The minimum atomic E-state index is -0.393. The van der Waals surface area contributed by atoms with Crippen LogP contribution >= 0.6 is 0 Å². The van der Waals surface area contributed by atoms with Crippen LogP contribution in [0.1, 0.15) is 30.1 Å². The number of carbonyl (C=O) groups is 2. The first-order valence-corrected chi connectivity index (χ1v) is 8.73. The summed E-state index contributed by atoms with van der Waals surface area (Å²) in [7, 11) is 0. The lowest BCUT2D eigenvalue weighted by Gasteiger charge is -2.33. The largest absolute Gasteiger partial charge is 0.462 e. The Morgan fingerprint density at radius 1 is 1.24 bits per heavy atom. The summed E-state index contributed by atoms with van der Waals surface area (Å²) in [4.78, 5) is 26.0. The Labute approximate surface area is 147 Å². The molecule has 2 amide bonds. The predicted octanol–water partition coefficient (Wildman–Crippen LogP) is 2.48. The highest BCUT2D eigenvalue weighted by atomic mass is 16.7. The number of nitrogens with zero attached hydrogens (tertiary/aromatic N) is 1. The zero-order valence-corrected chi connectivity index (χ0v) is 14.4. The molecule has 2 heterocycles. The number of urea groups is 1. The first-order chi connectivity index (χ1) is 12.2. The Balaban J connectivity index is 1.52. The van der Waals surface area contributed by atoms with E-state index >= 15 is 0 Å². The maximum absolute atomic E-state index is 12.4. The molecule has 7 nitrogen and oxygen atoms in total. The molecule has 0 bridgehead atoms. The summed E-state index contributed by atoms with van der Waals surface area (Å²) in [5, 5.41) is 2.85. The van der Waals surface area contributed by atoms with Gasteiger partial charge in [-0.25, -0.2) is 9.59 Å². The molecule has 1 N–H and O–H groups in total. The molecular formula is C18H24N2O5. The van der Waals surface area contributed by atoms with Gasteiger partial charge in [-0.15, -0.1) is 0 Å². The lowest BCUT2D eigenvalue weighted by Crippen LogP contribution is -2.43. The maximum Gasteiger partial charge on any atom is 0.338 e. The highest BCUT2D eigenvalue weighted by molar-refractivity contribution is 5.94. The third-order valence-corrected chi connectivity index (χ3v) is 4.48. The van der Waals surface area contributed by atoms with E-state index in [0.717, 1.165) is 12.8 Å². The SMILES string of the molecule is CCOC(=O)c1cccc(NC(=O)N2CCC(C3OCCO3)CC2)c1. The molecule has 2 fully saturated rings. The van der Waals surface area contributed by atoms with Crippen LogP contribution in [0.25, 0.3) is 0 Å². The summed E-state index contributed by atoms with van der Waals surface area (Å²) in [6.45, 7) is 4.71. The van der Waals surface area contributed by atoms with E-state index in [4.69, 9.17) is 14.2 Å². The maximum atomic E-state index is 12.4. The van der Waals surface area contributed by atoms with Crippen LogP contribution in [-0.2, 0) is 14.2 Å². The van der Waals surface area contributed by atoms with Crippen molar-refractivity contribution >= 4 is 17.7 Å². The quantitative estimate of drug-likeness (QED) is 0.846. The van der Waals surface area contributed by atoms with Crippen LogP contribution in [0.15, 0.2) is 24.3 Å². The first kappa shape index (κ1) is 17.7. The second kappa shape index (κ2) is 8.31. The van der Waals surface area contributed by atoms with Crippen molar-refractivity contribution in [3.63, 3.8) is 0 Å². The fraction of sp³-hybridized carbons (Fsp3) is 0.556. The molecule has 0 unspecified atom stereocenters. The summed E-state index contributed by atoms with van der Waals surface area (Å²) in [6, 6.07) is 6.62. The Bertz CT molecular complexity index is 607. The van der Waals surface area contributed by atoms with Gasteiger partial charge in [-0.05, 0) is 38.0 Å². The van der Waals surface area contributed by atoms with E-state index in [9.17, 15) is 9.59 Å². The van der Waals surface area contributed by atoms with Crippen LogP contribution in [-0.4, -0.2) is 56.1 Å². The molecule has 0 atom stereocenters. The molecule has 2 saturated heterocycles. The molecule has 25 heavy (non-hydrogen) atoms. The normalized spacial score (nSPS) is 19.0. The van der Waals surface area contributed by atoms with Gasteiger partial charge in [-0.2, -0.15) is 0 Å². The standard InChI is InChI=1S/C18H24N2O5/c1-2-23-16(21)14-4-3-5-15(12-14)19-18(22)20-8-6-13(7-9-20)17-24-10-11-25-17/h3-5,12-13,17H,2,6-11H2,1H3,(H,19,22). The number of amides is 2. The molecule has 0 radical (unpaired) electrons. The predicted molar refractivity (Wildman–Crippen MR) is 91.4 cm³/mol. The van der Waals surface area contributed by atoms with E-state index in [1.54, 1.807) is 36.1 Å². The van der Waals surface area contributed by atoms with Crippen molar-refractivity contribution in [3.05, 3.63) is 29.8 Å². The van der Waals surface area contributed by atoms with Gasteiger partial charge in [0.15, 0.2) is 6.29 Å². The van der Waals surface area contributed by atoms with Gasteiger partial charge < -0.3 is 24.4 Å². The molecule has 3 rings (SSSR count). The van der Waals surface area contributed by atoms with Gasteiger partial charge in [0.1, 0.15) is 0 Å². The minimum Gasteiger partial charge on any atom is -0.462 e. The Kier molecular flexibility index (Phi) is 5.88. The second-order valence-corrected chi connectivity index (χ2v) is 6.17. The highest BCUT2D eigenvalue weighted by Crippen LogP contribution is 2.26. The zero-order valence-electron chi connectivity index (χ0n) is 14.4. The second-order valence-electron chi connectivity index (χ2n) is 6.17. The summed E-state index contributed by atoms with van der Waals surface area (Å²) < 4.78 is 16.1. The lowest BCUT2D eigenvalue weighted by molar-refractivity contribution is -0.0950. The average Bonchev–Trinajstić information content (AvgIpc) is 3.17. The van der Waals surface area contributed by atoms with Crippen molar-refractivity contribution in [3.8, 4) is 0 Å². The number of anilines is 1.